The van der Waals surface area contributed by atoms with Gasteiger partial charge in [0.2, 0.25) is 5.91 Å². The topological polar surface area (TPSA) is 150 Å². The van der Waals surface area contributed by atoms with Gasteiger partial charge in [0.1, 0.15) is 11.8 Å². The molecule has 0 aromatic heterocycles. The van der Waals surface area contributed by atoms with Crippen molar-refractivity contribution in [2.75, 3.05) is 10.2 Å². The number of nitrogens with zero attached hydrogens (tertiary/aromatic N) is 2. The summed E-state index contributed by atoms with van der Waals surface area (Å²) in [7, 11) is 0. The Morgan fingerprint density at radius 2 is 1.96 bits per heavy atom. The Hall–Kier alpha value is -3.95. The van der Waals surface area contributed by atoms with Crippen molar-refractivity contribution in [2.45, 2.75) is 19.4 Å². The zero-order valence-corrected chi connectivity index (χ0v) is 14.6. The summed E-state index contributed by atoms with van der Waals surface area (Å²) in [6.07, 6.45) is -0.252. The number of nitro groups is 1. The molecule has 10 nitrogen and oxygen atoms in total. The van der Waals surface area contributed by atoms with Crippen LogP contribution in [0.25, 0.3) is 0 Å². The number of imide groups is 1. The minimum atomic E-state index is -1.20. The number of aryl methyl sites for hydroxylation is 1. The lowest BCUT2D eigenvalue weighted by atomic mass is 10.1. The molecule has 1 unspecified atom stereocenters. The maximum atomic E-state index is 12.8. The fourth-order valence-electron chi connectivity index (χ4n) is 2.92. The fraction of sp³-hybridized carbons (Fsp3) is 0.167. The molecule has 3 rings (SSSR count). The van der Waals surface area contributed by atoms with Crippen LogP contribution in [-0.4, -0.2) is 39.0 Å². The molecular formula is C18H15N3O7. The van der Waals surface area contributed by atoms with Gasteiger partial charge in [-0.3, -0.25) is 19.7 Å². The molecule has 1 heterocycles. The highest BCUT2D eigenvalue weighted by atomic mass is 16.6. The number of phenols is 1. The number of aromatic hydroxyl groups is 1. The number of nitrogens with one attached hydrogen (secondary N) is 1. The molecule has 3 N–H and O–H groups in total. The molecule has 1 aliphatic heterocycles. The van der Waals surface area contributed by atoms with Gasteiger partial charge in [-0.2, -0.15) is 0 Å². The average Bonchev–Trinajstić information content (AvgIpc) is 2.90. The Labute approximate surface area is 158 Å². The second-order valence-corrected chi connectivity index (χ2v) is 6.23. The number of phenolic OH excluding ortho intramolecular Hbond substituents is 1. The number of carbonyl (C=O) groups is 3. The zero-order valence-electron chi connectivity index (χ0n) is 14.6. The van der Waals surface area contributed by atoms with E-state index in [2.05, 4.69) is 5.32 Å². The van der Waals surface area contributed by atoms with Gasteiger partial charge < -0.3 is 15.5 Å². The fourth-order valence-corrected chi connectivity index (χ4v) is 2.92. The standard InChI is InChI=1S/C18H15N3O7/c1-9-2-3-10(18(25)26)6-14(9)20-16(23)8-13(17(20)24)19-12-7-11(21(27)28)4-5-15(12)22/h2-7,13,19,22H,8H2,1H3,(H,25,26). The van der Waals surface area contributed by atoms with Crippen LogP contribution < -0.4 is 10.2 Å². The minimum absolute atomic E-state index is 0.0572. The first-order chi connectivity index (χ1) is 13.2. The lowest BCUT2D eigenvalue weighted by Crippen LogP contribution is -2.35. The second kappa shape index (κ2) is 6.99. The molecule has 1 saturated heterocycles. The summed E-state index contributed by atoms with van der Waals surface area (Å²) in [6.45, 7) is 1.63. The molecule has 2 aromatic carbocycles. The molecule has 0 saturated carbocycles. The van der Waals surface area contributed by atoms with Gasteiger partial charge in [-0.1, -0.05) is 6.07 Å². The number of amides is 2. The van der Waals surface area contributed by atoms with Crippen molar-refractivity contribution in [1.29, 1.82) is 0 Å². The maximum Gasteiger partial charge on any atom is 0.335 e. The summed E-state index contributed by atoms with van der Waals surface area (Å²) >= 11 is 0. The molecule has 28 heavy (non-hydrogen) atoms. The van der Waals surface area contributed by atoms with Gasteiger partial charge in [0.05, 0.1) is 28.3 Å². The third-order valence-electron chi connectivity index (χ3n) is 4.36. The molecule has 2 aromatic rings. The summed E-state index contributed by atoms with van der Waals surface area (Å²) in [5, 5.41) is 32.6. The summed E-state index contributed by atoms with van der Waals surface area (Å²) in [6, 6.07) is 6.31. The van der Waals surface area contributed by atoms with Gasteiger partial charge in [0, 0.05) is 12.1 Å². The third kappa shape index (κ3) is 3.34. The van der Waals surface area contributed by atoms with Crippen molar-refractivity contribution in [3.8, 4) is 5.75 Å². The Balaban J connectivity index is 1.91. The van der Waals surface area contributed by atoms with E-state index < -0.39 is 28.7 Å². The van der Waals surface area contributed by atoms with E-state index in [4.69, 9.17) is 5.11 Å². The van der Waals surface area contributed by atoms with Crippen LogP contribution in [0.5, 0.6) is 5.75 Å². The summed E-state index contributed by atoms with van der Waals surface area (Å²) in [4.78, 5) is 47.5. The Bertz CT molecular complexity index is 1020. The van der Waals surface area contributed by atoms with Crippen molar-refractivity contribution < 1.29 is 29.5 Å². The number of carbonyl (C=O) groups excluding carboxylic acids is 2. The Morgan fingerprint density at radius 3 is 2.61 bits per heavy atom. The van der Waals surface area contributed by atoms with Crippen molar-refractivity contribution in [3.63, 3.8) is 0 Å². The van der Waals surface area contributed by atoms with Gasteiger partial charge >= 0.3 is 5.97 Å². The van der Waals surface area contributed by atoms with Crippen LogP contribution in [0.15, 0.2) is 36.4 Å². The second-order valence-electron chi connectivity index (χ2n) is 6.23. The van der Waals surface area contributed by atoms with Gasteiger partial charge in [-0.15, -0.1) is 0 Å². The van der Waals surface area contributed by atoms with Crippen LogP contribution in [0.3, 0.4) is 0 Å². The van der Waals surface area contributed by atoms with Crippen molar-refractivity contribution in [2.24, 2.45) is 0 Å². The van der Waals surface area contributed by atoms with Gasteiger partial charge in [-0.05, 0) is 30.7 Å². The van der Waals surface area contributed by atoms with Crippen LogP contribution in [0.1, 0.15) is 22.3 Å². The summed E-state index contributed by atoms with van der Waals surface area (Å²) in [5.41, 5.74) is 0.263. The molecule has 144 valence electrons. The molecule has 1 aliphatic rings. The number of hydrogen-bond donors (Lipinski definition) is 3. The van der Waals surface area contributed by atoms with E-state index in [1.165, 1.54) is 18.2 Å². The number of benzene rings is 2. The molecular weight excluding hydrogens is 370 g/mol. The predicted octanol–water partition coefficient (Wildman–Crippen LogP) is 2.05. The van der Waals surface area contributed by atoms with E-state index in [0.29, 0.717) is 5.56 Å². The highest BCUT2D eigenvalue weighted by molar-refractivity contribution is 6.23. The SMILES string of the molecule is Cc1ccc(C(=O)O)cc1N1C(=O)CC(Nc2cc([N+](=O)[O-])ccc2O)C1=O. The highest BCUT2D eigenvalue weighted by Crippen LogP contribution is 2.32. The van der Waals surface area contributed by atoms with Gasteiger partial charge in [-0.25, -0.2) is 9.69 Å². The number of non-ortho nitro benzene ring substituents is 1. The molecule has 1 atom stereocenters. The number of anilines is 2. The first-order valence-corrected chi connectivity index (χ1v) is 8.13. The smallest absolute Gasteiger partial charge is 0.335 e. The maximum absolute atomic E-state index is 12.8. The van der Waals surface area contributed by atoms with Crippen molar-refractivity contribution in [1.82, 2.24) is 0 Å². The van der Waals surface area contributed by atoms with E-state index in [0.717, 1.165) is 23.1 Å². The summed E-state index contributed by atoms with van der Waals surface area (Å²) in [5.74, 6) is -2.72. The van der Waals surface area contributed by atoms with Crippen LogP contribution in [0.2, 0.25) is 0 Å². The number of rotatable bonds is 5. The van der Waals surface area contributed by atoms with Crippen LogP contribution in [0.4, 0.5) is 17.1 Å². The molecule has 1 fully saturated rings. The number of carboxylic acid groups (broad SMARTS) is 1. The predicted molar refractivity (Wildman–Crippen MR) is 97.4 cm³/mol. The molecule has 10 heteroatoms. The monoisotopic (exact) mass is 385 g/mol. The normalized spacial score (nSPS) is 16.3. The van der Waals surface area contributed by atoms with E-state index in [1.807, 2.05) is 0 Å². The van der Waals surface area contributed by atoms with Crippen molar-refractivity contribution >= 4 is 34.8 Å². The summed E-state index contributed by atoms with van der Waals surface area (Å²) < 4.78 is 0. The van der Waals surface area contributed by atoms with Gasteiger partial charge in [0.15, 0.2) is 0 Å². The molecule has 0 bridgehead atoms. The molecule has 0 radical (unpaired) electrons. The average molecular weight is 385 g/mol. The van der Waals surface area contributed by atoms with E-state index in [9.17, 15) is 29.6 Å². The zero-order chi connectivity index (χ0) is 20.6. The van der Waals surface area contributed by atoms with Crippen LogP contribution >= 0.6 is 0 Å². The lowest BCUT2D eigenvalue weighted by molar-refractivity contribution is -0.384. The Morgan fingerprint density at radius 1 is 1.25 bits per heavy atom. The van der Waals surface area contributed by atoms with E-state index in [-0.39, 0.29) is 34.8 Å². The number of carboxylic acids is 1. The van der Waals surface area contributed by atoms with Gasteiger partial charge in [0.25, 0.3) is 11.6 Å². The largest absolute Gasteiger partial charge is 0.506 e. The number of aromatic carboxylic acids is 1. The highest BCUT2D eigenvalue weighted by Gasteiger charge is 2.40. The van der Waals surface area contributed by atoms with E-state index >= 15 is 0 Å². The number of nitro benzene ring substituents is 1. The first-order valence-electron chi connectivity index (χ1n) is 8.13. The van der Waals surface area contributed by atoms with Crippen molar-refractivity contribution in [3.05, 3.63) is 57.6 Å². The minimum Gasteiger partial charge on any atom is -0.506 e. The molecule has 2 amide bonds. The molecule has 0 spiro atoms. The molecule has 0 aliphatic carbocycles. The van der Waals surface area contributed by atoms with Crippen LogP contribution in [0, 0.1) is 17.0 Å². The third-order valence-corrected chi connectivity index (χ3v) is 4.36. The number of hydrogen-bond acceptors (Lipinski definition) is 7. The first kappa shape index (κ1) is 18.8. The van der Waals surface area contributed by atoms with E-state index in [1.54, 1.807) is 6.92 Å². The lowest BCUT2D eigenvalue weighted by Gasteiger charge is -2.19. The quantitative estimate of drug-likeness (QED) is 0.306. The van der Waals surface area contributed by atoms with Crippen LogP contribution in [-0.2, 0) is 9.59 Å². The Kier molecular flexibility index (Phi) is 4.70.